The Morgan fingerprint density at radius 1 is 1.33 bits per heavy atom. The van der Waals surface area contributed by atoms with Gasteiger partial charge in [0.2, 0.25) is 0 Å². The molecule has 200 valence electrons. The number of allylic oxidation sites excluding steroid dienone is 3. The quantitative estimate of drug-likeness (QED) is 0.287. The minimum absolute atomic E-state index is 0.0493. The molecule has 1 aromatic heterocycles. The standard InChI is InChI=1S/C23H28F2N2O3S.C3H6.CH3Cl/c1-4-15(5-2)20-9-17-21(31-20)10-27(14-26-17)16-6-7-18(19(8-16)29-3)30-13-22(28)11-23(24,25)12-22;1-3-2;1-2/h4,7-9,14,16,28H,5-6,10-13H2,1-3H3;3H,1H2,2H3;1H3/b15-4+;;. The number of rotatable bonds is 7. The number of aliphatic hydroxyl groups is 1. The van der Waals surface area contributed by atoms with E-state index in [0.29, 0.717) is 17.9 Å². The average molecular weight is 543 g/mol. The minimum atomic E-state index is -2.80. The van der Waals surface area contributed by atoms with Crippen molar-refractivity contribution in [2.45, 2.75) is 70.6 Å². The van der Waals surface area contributed by atoms with Crippen molar-refractivity contribution in [1.82, 2.24) is 4.90 Å². The largest absolute Gasteiger partial charge is 0.493 e. The maximum Gasteiger partial charge on any atom is 0.253 e. The van der Waals surface area contributed by atoms with Gasteiger partial charge in [0.05, 0.1) is 36.6 Å². The molecule has 1 unspecified atom stereocenters. The lowest BCUT2D eigenvalue weighted by Gasteiger charge is -2.43. The first-order chi connectivity index (χ1) is 17.2. The Morgan fingerprint density at radius 3 is 2.56 bits per heavy atom. The van der Waals surface area contributed by atoms with Gasteiger partial charge in [0.1, 0.15) is 12.2 Å². The van der Waals surface area contributed by atoms with E-state index in [-0.39, 0.29) is 12.6 Å². The maximum atomic E-state index is 13.1. The number of fused-ring (bicyclic) bond motifs is 1. The molecule has 3 aliphatic rings. The lowest BCUT2D eigenvalue weighted by molar-refractivity contribution is -0.220. The molecule has 0 bridgehead atoms. The molecular formula is C27H37ClF2N2O3S. The van der Waals surface area contributed by atoms with Crippen molar-refractivity contribution >= 4 is 40.5 Å². The Balaban J connectivity index is 0.000000850. The first kappa shape index (κ1) is 30.1. The first-order valence-corrected chi connectivity index (χ1v) is 13.5. The van der Waals surface area contributed by atoms with Crippen molar-refractivity contribution in [1.29, 1.82) is 0 Å². The Morgan fingerprint density at radius 2 is 2.00 bits per heavy atom. The van der Waals surface area contributed by atoms with Crippen LogP contribution in [0.3, 0.4) is 0 Å². The summed E-state index contributed by atoms with van der Waals surface area (Å²) in [5.41, 5.74) is 0.883. The lowest BCUT2D eigenvalue weighted by Crippen LogP contribution is -2.54. The second-order valence-electron chi connectivity index (χ2n) is 8.74. The number of ether oxygens (including phenoxy) is 2. The average Bonchev–Trinajstić information content (AvgIpc) is 3.27. The van der Waals surface area contributed by atoms with E-state index in [1.165, 1.54) is 21.7 Å². The van der Waals surface area contributed by atoms with Gasteiger partial charge in [-0.15, -0.1) is 29.5 Å². The molecule has 1 fully saturated rings. The summed E-state index contributed by atoms with van der Waals surface area (Å²) in [4.78, 5) is 9.31. The first-order valence-electron chi connectivity index (χ1n) is 11.9. The molecule has 1 saturated carbocycles. The van der Waals surface area contributed by atoms with Gasteiger partial charge in [-0.2, -0.15) is 0 Å². The maximum absolute atomic E-state index is 13.1. The van der Waals surface area contributed by atoms with Gasteiger partial charge in [-0.1, -0.05) is 19.1 Å². The summed E-state index contributed by atoms with van der Waals surface area (Å²) in [5, 5.41) is 10.1. The van der Waals surface area contributed by atoms with Gasteiger partial charge in [0, 0.05) is 24.1 Å². The fourth-order valence-corrected chi connectivity index (χ4v) is 5.53. The summed E-state index contributed by atoms with van der Waals surface area (Å²) in [5.74, 6) is -1.78. The van der Waals surface area contributed by atoms with Crippen molar-refractivity contribution in [2.24, 2.45) is 4.99 Å². The molecule has 9 heteroatoms. The van der Waals surface area contributed by atoms with E-state index in [0.717, 1.165) is 18.7 Å². The predicted octanol–water partition coefficient (Wildman–Crippen LogP) is 7.45. The van der Waals surface area contributed by atoms with Gasteiger partial charge in [-0.3, -0.25) is 0 Å². The van der Waals surface area contributed by atoms with Crippen molar-refractivity contribution in [3.8, 4) is 0 Å². The predicted molar refractivity (Wildman–Crippen MR) is 146 cm³/mol. The number of hydrogen-bond acceptors (Lipinski definition) is 6. The third kappa shape index (κ3) is 7.43. The smallest absolute Gasteiger partial charge is 0.253 e. The van der Waals surface area contributed by atoms with E-state index in [2.05, 4.69) is 54.1 Å². The molecule has 0 aromatic carbocycles. The zero-order valence-electron chi connectivity index (χ0n) is 21.7. The summed E-state index contributed by atoms with van der Waals surface area (Å²) < 4.78 is 37.3. The molecule has 1 aromatic rings. The number of nitrogens with zero attached hydrogens (tertiary/aromatic N) is 2. The van der Waals surface area contributed by atoms with Gasteiger partial charge >= 0.3 is 0 Å². The highest BCUT2D eigenvalue weighted by Gasteiger charge is 2.56. The Kier molecular flexibility index (Phi) is 11.2. The van der Waals surface area contributed by atoms with E-state index in [1.807, 2.05) is 25.4 Å². The SMILES string of the molecule is C/C=C(\CC)c1cc2c(s1)CN(C1C=C(OC)C(OCC3(O)CC(F)(F)C3)=CC1)C=N2.C=CC.CCl. The molecule has 0 saturated heterocycles. The molecule has 1 atom stereocenters. The molecule has 2 aliphatic carbocycles. The molecule has 5 nitrogen and oxygen atoms in total. The third-order valence-electron chi connectivity index (χ3n) is 5.95. The van der Waals surface area contributed by atoms with E-state index in [9.17, 15) is 13.9 Å². The van der Waals surface area contributed by atoms with Crippen LogP contribution in [0.15, 0.2) is 53.5 Å². The van der Waals surface area contributed by atoms with Crippen molar-refractivity contribution < 1.29 is 23.4 Å². The molecule has 4 rings (SSSR count). The molecular weight excluding hydrogens is 506 g/mol. The van der Waals surface area contributed by atoms with Gasteiger partial charge in [0.15, 0.2) is 11.5 Å². The van der Waals surface area contributed by atoms with Crippen LogP contribution < -0.4 is 0 Å². The summed E-state index contributed by atoms with van der Waals surface area (Å²) >= 11 is 6.42. The van der Waals surface area contributed by atoms with Gasteiger partial charge < -0.3 is 19.5 Å². The number of alkyl halides is 3. The van der Waals surface area contributed by atoms with Crippen LogP contribution in [0.1, 0.15) is 56.2 Å². The number of hydrogen-bond donors (Lipinski definition) is 1. The second-order valence-corrected chi connectivity index (χ2v) is 9.88. The van der Waals surface area contributed by atoms with E-state index in [4.69, 9.17) is 9.47 Å². The van der Waals surface area contributed by atoms with E-state index in [1.54, 1.807) is 24.5 Å². The van der Waals surface area contributed by atoms with Gasteiger partial charge in [-0.05, 0) is 50.5 Å². The molecule has 1 N–H and O–H groups in total. The highest BCUT2D eigenvalue weighted by atomic mass is 35.5. The van der Waals surface area contributed by atoms with Crippen LogP contribution in [0.5, 0.6) is 0 Å². The zero-order chi connectivity index (χ0) is 26.9. The molecule has 36 heavy (non-hydrogen) atoms. The van der Waals surface area contributed by atoms with E-state index < -0.39 is 24.4 Å². The monoisotopic (exact) mass is 542 g/mol. The minimum Gasteiger partial charge on any atom is -0.493 e. The van der Waals surface area contributed by atoms with Crippen LogP contribution in [-0.4, -0.2) is 54.0 Å². The van der Waals surface area contributed by atoms with Crippen LogP contribution in [-0.2, 0) is 16.0 Å². The Hall–Kier alpha value is -2.16. The number of aliphatic imine (C=N–C) groups is 1. The normalized spacial score (nSPS) is 21.3. The van der Waals surface area contributed by atoms with Crippen LogP contribution in [0, 0.1) is 0 Å². The summed E-state index contributed by atoms with van der Waals surface area (Å²) in [6, 6.07) is 2.21. The Bertz CT molecular complexity index is 1010. The van der Waals surface area contributed by atoms with Crippen LogP contribution in [0.25, 0.3) is 5.57 Å². The molecule has 2 heterocycles. The number of thiophene rings is 1. The Labute approximate surface area is 222 Å². The van der Waals surface area contributed by atoms with Crippen LogP contribution in [0.4, 0.5) is 14.5 Å². The van der Waals surface area contributed by atoms with Gasteiger partial charge in [0.25, 0.3) is 5.92 Å². The summed E-state index contributed by atoms with van der Waals surface area (Å²) in [7, 11) is 1.55. The van der Waals surface area contributed by atoms with Crippen molar-refractivity contribution in [3.63, 3.8) is 0 Å². The topological polar surface area (TPSA) is 54.3 Å². The molecule has 0 amide bonds. The number of halogens is 3. The zero-order valence-corrected chi connectivity index (χ0v) is 23.3. The summed E-state index contributed by atoms with van der Waals surface area (Å²) in [6.07, 6.45) is 11.6. The molecule has 0 radical (unpaired) electrons. The molecule has 1 aliphatic heterocycles. The fourth-order valence-electron chi connectivity index (χ4n) is 4.27. The second kappa shape index (κ2) is 13.4. The van der Waals surface area contributed by atoms with Gasteiger partial charge in [-0.25, -0.2) is 13.8 Å². The third-order valence-corrected chi connectivity index (χ3v) is 7.14. The van der Waals surface area contributed by atoms with Crippen molar-refractivity contribution in [3.05, 3.63) is 58.2 Å². The van der Waals surface area contributed by atoms with Crippen LogP contribution >= 0.6 is 22.9 Å². The lowest BCUT2D eigenvalue weighted by atomic mass is 9.77. The highest BCUT2D eigenvalue weighted by molar-refractivity contribution is 7.13. The molecule has 0 spiro atoms. The summed E-state index contributed by atoms with van der Waals surface area (Å²) in [6.45, 7) is 10.1. The van der Waals surface area contributed by atoms with E-state index >= 15 is 0 Å². The highest BCUT2D eigenvalue weighted by Crippen LogP contribution is 2.46. The van der Waals surface area contributed by atoms with Crippen LogP contribution in [0.2, 0.25) is 0 Å². The number of methoxy groups -OCH3 is 1. The fraction of sp³-hybridized carbons (Fsp3) is 0.519. The van der Waals surface area contributed by atoms with Crippen molar-refractivity contribution in [2.75, 3.05) is 20.1 Å².